The zero-order valence-corrected chi connectivity index (χ0v) is 24.5. The van der Waals surface area contributed by atoms with Gasteiger partial charge < -0.3 is 24.3 Å². The van der Waals surface area contributed by atoms with Gasteiger partial charge in [0.2, 0.25) is 0 Å². The quantitative estimate of drug-likeness (QED) is 0.244. The van der Waals surface area contributed by atoms with Crippen molar-refractivity contribution in [3.8, 4) is 28.7 Å². The third kappa shape index (κ3) is 7.01. The van der Waals surface area contributed by atoms with Crippen LogP contribution < -0.4 is 30.8 Å². The maximum absolute atomic E-state index is 13.3. The van der Waals surface area contributed by atoms with Crippen molar-refractivity contribution in [3.63, 3.8) is 0 Å². The summed E-state index contributed by atoms with van der Waals surface area (Å²) in [6.07, 6.45) is -2.57. The van der Waals surface area contributed by atoms with E-state index in [-0.39, 0.29) is 51.2 Å². The first-order valence-electron chi connectivity index (χ1n) is 13.1. The van der Waals surface area contributed by atoms with E-state index in [1.165, 1.54) is 18.2 Å². The minimum atomic E-state index is -3.23. The van der Waals surface area contributed by atoms with Crippen molar-refractivity contribution in [3.05, 3.63) is 102 Å². The van der Waals surface area contributed by atoms with E-state index in [9.17, 15) is 23.2 Å². The Bertz CT molecular complexity index is 1770. The highest BCUT2D eigenvalue weighted by atomic mass is 35.5. The number of H-pyrrole nitrogens is 1. The fourth-order valence-corrected chi connectivity index (χ4v) is 4.84. The number of aromatic amines is 1. The summed E-state index contributed by atoms with van der Waals surface area (Å²) in [7, 11) is 1.57. The third-order valence-electron chi connectivity index (χ3n) is 6.52. The third-order valence-corrected chi connectivity index (χ3v) is 7.08. The monoisotopic (exact) mass is 648 g/mol. The molecule has 1 atom stereocenters. The van der Waals surface area contributed by atoms with Crippen LogP contribution in [0.5, 0.6) is 23.0 Å². The predicted octanol–water partition coefficient (Wildman–Crippen LogP) is 5.06. The van der Waals surface area contributed by atoms with E-state index in [1.807, 2.05) is 12.1 Å². The predicted molar refractivity (Wildman–Crippen MR) is 156 cm³/mol. The van der Waals surface area contributed by atoms with Gasteiger partial charge >= 0.3 is 5.69 Å². The molecule has 44 heavy (non-hydrogen) atoms. The topological polar surface area (TPSA) is 134 Å². The first kappa shape index (κ1) is 31.0. The molecule has 1 aliphatic rings. The van der Waals surface area contributed by atoms with Gasteiger partial charge in [-0.05, 0) is 54.4 Å². The number of nitrogens with one attached hydrogen (secondary N) is 2. The van der Waals surface area contributed by atoms with Crippen molar-refractivity contribution in [1.82, 2.24) is 20.1 Å². The van der Waals surface area contributed by atoms with E-state index in [0.717, 1.165) is 5.56 Å². The van der Waals surface area contributed by atoms with Gasteiger partial charge in [-0.2, -0.15) is 9.78 Å². The van der Waals surface area contributed by atoms with Gasteiger partial charge in [0, 0.05) is 6.61 Å². The molecule has 1 amide bonds. The summed E-state index contributed by atoms with van der Waals surface area (Å²) in [5.41, 5.74) is -2.62. The number of rotatable bonds is 10. The summed E-state index contributed by atoms with van der Waals surface area (Å²) >= 11 is 12.8. The highest BCUT2D eigenvalue weighted by molar-refractivity contribution is 6.37. The van der Waals surface area contributed by atoms with Gasteiger partial charge in [0.05, 0.1) is 41.1 Å². The minimum absolute atomic E-state index is 0.0499. The smallest absolute Gasteiger partial charge is 0.349 e. The molecule has 5 rings (SSSR count). The van der Waals surface area contributed by atoms with Crippen LogP contribution in [-0.4, -0.2) is 47.0 Å². The molecule has 1 saturated heterocycles. The Labute approximate surface area is 258 Å². The van der Waals surface area contributed by atoms with E-state index in [0.29, 0.717) is 30.1 Å². The molecule has 11 nitrogen and oxygen atoms in total. The molecular formula is C29H24Cl2F2N4O7. The number of alkyl halides is 2. The first-order valence-corrected chi connectivity index (χ1v) is 13.9. The van der Waals surface area contributed by atoms with Gasteiger partial charge in [-0.3, -0.25) is 14.6 Å². The van der Waals surface area contributed by atoms with Crippen LogP contribution in [0.3, 0.4) is 0 Å². The molecule has 0 spiro atoms. The van der Waals surface area contributed by atoms with E-state index in [2.05, 4.69) is 10.4 Å². The molecule has 2 heterocycles. The molecule has 0 saturated carbocycles. The standard InChI is InChI=1S/C29H24Cl2F2N4O7/c1-41-18-4-2-15(3-5-18)13-43-23-7-6-19(12-20(23)27(38)34-16-8-9-42-14-16)44-25-21(30)10-17(11-22(25)31)37-29(40)35-28(39)24(36-37)26(32)33/h2-7,10-12,16,26H,8-9,13-14H2,1H3,(H,34,38)(H,35,39,40)/t16-/m0/s1. The Kier molecular flexibility index (Phi) is 9.47. The molecule has 15 heteroatoms. The second-order valence-electron chi connectivity index (χ2n) is 9.53. The maximum Gasteiger partial charge on any atom is 0.349 e. The number of hydrogen-bond donors (Lipinski definition) is 2. The molecule has 1 fully saturated rings. The number of hydrogen-bond acceptors (Lipinski definition) is 8. The number of ether oxygens (including phenoxy) is 4. The fraction of sp³-hybridized carbons (Fsp3) is 0.241. The molecule has 2 N–H and O–H groups in total. The molecule has 1 aromatic heterocycles. The number of methoxy groups -OCH3 is 1. The first-order chi connectivity index (χ1) is 21.1. The number of carbonyl (C=O) groups excluding carboxylic acids is 1. The SMILES string of the molecule is COc1ccc(COc2ccc(Oc3c(Cl)cc(-n4nc(C(F)F)c(=O)[nH]c4=O)cc3Cl)cc2C(=O)N[C@H]2CCOC2)cc1. The number of amides is 1. The van der Waals surface area contributed by atoms with Crippen LogP contribution in [0.1, 0.15) is 34.5 Å². The largest absolute Gasteiger partial charge is 0.497 e. The Morgan fingerprint density at radius 2 is 1.82 bits per heavy atom. The molecule has 0 radical (unpaired) electrons. The van der Waals surface area contributed by atoms with Gasteiger partial charge in [-0.15, -0.1) is 0 Å². The molecule has 0 aliphatic carbocycles. The van der Waals surface area contributed by atoms with Gasteiger partial charge in [-0.25, -0.2) is 13.6 Å². The summed E-state index contributed by atoms with van der Waals surface area (Å²) in [5, 5.41) is 6.15. The zero-order valence-electron chi connectivity index (χ0n) is 22.9. The molecule has 0 unspecified atom stereocenters. The molecule has 0 bridgehead atoms. The van der Waals surface area contributed by atoms with E-state index in [4.69, 9.17) is 42.1 Å². The lowest BCUT2D eigenvalue weighted by atomic mass is 10.1. The van der Waals surface area contributed by atoms with Crippen molar-refractivity contribution in [2.45, 2.75) is 25.5 Å². The molecule has 3 aromatic carbocycles. The van der Waals surface area contributed by atoms with Crippen LogP contribution in [0.15, 0.2) is 64.2 Å². The Morgan fingerprint density at radius 3 is 2.45 bits per heavy atom. The number of benzene rings is 3. The Morgan fingerprint density at radius 1 is 1.11 bits per heavy atom. The summed E-state index contributed by atoms with van der Waals surface area (Å²) in [5.74, 6) is 0.688. The van der Waals surface area contributed by atoms with Crippen molar-refractivity contribution in [2.24, 2.45) is 0 Å². The van der Waals surface area contributed by atoms with E-state index >= 15 is 0 Å². The highest BCUT2D eigenvalue weighted by Crippen LogP contribution is 2.39. The van der Waals surface area contributed by atoms with Gasteiger partial charge in [0.15, 0.2) is 11.4 Å². The number of nitrogens with zero attached hydrogens (tertiary/aromatic N) is 2. The lowest BCUT2D eigenvalue weighted by molar-refractivity contribution is 0.0925. The lowest BCUT2D eigenvalue weighted by Gasteiger charge is -2.17. The second-order valence-corrected chi connectivity index (χ2v) is 10.3. The van der Waals surface area contributed by atoms with Crippen LogP contribution >= 0.6 is 23.2 Å². The summed E-state index contributed by atoms with van der Waals surface area (Å²) < 4.78 is 49.4. The van der Waals surface area contributed by atoms with Crippen molar-refractivity contribution >= 4 is 29.1 Å². The van der Waals surface area contributed by atoms with E-state index < -0.39 is 29.3 Å². The van der Waals surface area contributed by atoms with Crippen LogP contribution in [-0.2, 0) is 11.3 Å². The van der Waals surface area contributed by atoms with Crippen LogP contribution in [0.25, 0.3) is 5.69 Å². The van der Waals surface area contributed by atoms with Crippen molar-refractivity contribution < 1.29 is 32.5 Å². The molecule has 230 valence electrons. The zero-order chi connectivity index (χ0) is 31.4. The molecular weight excluding hydrogens is 625 g/mol. The van der Waals surface area contributed by atoms with Crippen molar-refractivity contribution in [1.29, 1.82) is 0 Å². The van der Waals surface area contributed by atoms with Crippen LogP contribution in [0.2, 0.25) is 10.0 Å². The Hall–Kier alpha value is -4.46. The number of aromatic nitrogens is 3. The number of halogens is 4. The molecule has 1 aliphatic heterocycles. The van der Waals surface area contributed by atoms with E-state index in [1.54, 1.807) is 36.4 Å². The lowest BCUT2D eigenvalue weighted by Crippen LogP contribution is -2.35. The summed E-state index contributed by atoms with van der Waals surface area (Å²) in [6, 6.07) is 14.1. The maximum atomic E-state index is 13.3. The molecule has 4 aromatic rings. The van der Waals surface area contributed by atoms with Gasteiger partial charge in [0.1, 0.15) is 23.9 Å². The summed E-state index contributed by atoms with van der Waals surface area (Å²) in [6.45, 7) is 1.08. The van der Waals surface area contributed by atoms with Crippen LogP contribution in [0.4, 0.5) is 8.78 Å². The normalized spacial score (nSPS) is 14.5. The van der Waals surface area contributed by atoms with Gasteiger partial charge in [0.25, 0.3) is 17.9 Å². The fourth-order valence-electron chi connectivity index (χ4n) is 4.28. The number of carbonyl (C=O) groups is 1. The summed E-state index contributed by atoms with van der Waals surface area (Å²) in [4.78, 5) is 39.0. The Balaban J connectivity index is 1.43. The average molecular weight is 649 g/mol. The van der Waals surface area contributed by atoms with Crippen LogP contribution in [0, 0.1) is 0 Å². The van der Waals surface area contributed by atoms with Gasteiger partial charge in [-0.1, -0.05) is 35.3 Å². The highest BCUT2D eigenvalue weighted by Gasteiger charge is 2.23. The minimum Gasteiger partial charge on any atom is -0.497 e. The average Bonchev–Trinajstić information content (AvgIpc) is 3.51. The van der Waals surface area contributed by atoms with Crippen molar-refractivity contribution in [2.75, 3.05) is 20.3 Å². The second kappa shape index (κ2) is 13.5.